The molecule has 3 aliphatic rings. The summed E-state index contributed by atoms with van der Waals surface area (Å²) in [7, 11) is 1.71. The molecule has 4 rings (SSSR count). The van der Waals surface area contributed by atoms with Gasteiger partial charge in [0.1, 0.15) is 5.54 Å². The van der Waals surface area contributed by atoms with Crippen molar-refractivity contribution in [2.24, 2.45) is 22.6 Å². The number of guanidine groups is 1. The number of carbonyl (C=O) groups excluding carboxylic acids is 2. The highest BCUT2D eigenvalue weighted by Gasteiger charge is 2.48. The van der Waals surface area contributed by atoms with Crippen molar-refractivity contribution in [3.8, 4) is 0 Å². The zero-order valence-corrected chi connectivity index (χ0v) is 19.6. The average molecular weight is 458 g/mol. The molecule has 2 heterocycles. The number of aliphatic imine (C=N–C) groups is 1. The second-order valence-corrected chi connectivity index (χ2v) is 10.2. The van der Waals surface area contributed by atoms with Gasteiger partial charge in [0.15, 0.2) is 11.8 Å². The summed E-state index contributed by atoms with van der Waals surface area (Å²) in [5.74, 6) is 0.197. The molecule has 1 aliphatic heterocycles. The molecule has 2 fully saturated rings. The standard InChI is InChI=1S/C25H36FN5O2/c1-31-23(33)25(30-24(31)27,12-10-17-6-3-2-4-7-17)15-18-8-5-9-19(14-18)29-22(32)20-11-13-28-16-21(20)26/h11,13,16-19H,2-10,12,14-15H2,1H3,(H2,27,30)(H,29,32)/t18-,19+,25+/m0/s1. The van der Waals surface area contributed by atoms with Crippen molar-refractivity contribution in [2.75, 3.05) is 7.05 Å². The predicted molar refractivity (Wildman–Crippen MR) is 125 cm³/mol. The van der Waals surface area contributed by atoms with E-state index in [0.717, 1.165) is 44.7 Å². The fourth-order valence-corrected chi connectivity index (χ4v) is 5.98. The molecule has 33 heavy (non-hydrogen) atoms. The highest BCUT2D eigenvalue weighted by Crippen LogP contribution is 2.40. The highest BCUT2D eigenvalue weighted by atomic mass is 19.1. The molecule has 180 valence electrons. The molecule has 0 unspecified atom stereocenters. The molecule has 0 bridgehead atoms. The number of hydrogen-bond donors (Lipinski definition) is 2. The molecule has 3 N–H and O–H groups in total. The Bertz CT molecular complexity index is 901. The van der Waals surface area contributed by atoms with E-state index in [4.69, 9.17) is 10.7 Å². The number of amides is 2. The maximum Gasteiger partial charge on any atom is 0.257 e. The van der Waals surface area contributed by atoms with Gasteiger partial charge in [-0.3, -0.25) is 19.5 Å². The molecule has 0 aromatic carbocycles. The SMILES string of the molecule is CN1C(=O)[C@@](CCC2CCCCC2)(C[C@H]2CCC[C@@H](NC(=O)c3ccncc3F)C2)N=C1N. The summed E-state index contributed by atoms with van der Waals surface area (Å²) in [5.41, 5.74) is 5.31. The van der Waals surface area contributed by atoms with Crippen LogP contribution in [-0.4, -0.2) is 46.3 Å². The van der Waals surface area contributed by atoms with Crippen LogP contribution in [0.25, 0.3) is 0 Å². The van der Waals surface area contributed by atoms with E-state index in [9.17, 15) is 14.0 Å². The van der Waals surface area contributed by atoms with Crippen molar-refractivity contribution in [2.45, 2.75) is 88.6 Å². The third kappa shape index (κ3) is 5.36. The van der Waals surface area contributed by atoms with Crippen LogP contribution in [0.1, 0.15) is 87.4 Å². The Morgan fingerprint density at radius 3 is 2.67 bits per heavy atom. The largest absolute Gasteiger partial charge is 0.369 e. The molecule has 1 aromatic rings. The Kier molecular flexibility index (Phi) is 7.29. The van der Waals surface area contributed by atoms with Gasteiger partial charge in [0, 0.05) is 19.3 Å². The zero-order valence-electron chi connectivity index (χ0n) is 19.6. The molecule has 7 nitrogen and oxygen atoms in total. The van der Waals surface area contributed by atoms with Crippen molar-refractivity contribution < 1.29 is 14.0 Å². The topological polar surface area (TPSA) is 101 Å². The number of aromatic nitrogens is 1. The zero-order chi connectivity index (χ0) is 23.4. The van der Waals surface area contributed by atoms with Crippen LogP contribution in [0.2, 0.25) is 0 Å². The third-order valence-corrected chi connectivity index (χ3v) is 7.83. The first kappa shape index (κ1) is 23.6. The van der Waals surface area contributed by atoms with Gasteiger partial charge >= 0.3 is 0 Å². The van der Waals surface area contributed by atoms with Gasteiger partial charge in [-0.15, -0.1) is 0 Å². The summed E-state index contributed by atoms with van der Waals surface area (Å²) >= 11 is 0. The van der Waals surface area contributed by atoms with Crippen LogP contribution in [-0.2, 0) is 4.79 Å². The van der Waals surface area contributed by atoms with Crippen LogP contribution in [0, 0.1) is 17.7 Å². The molecule has 2 amide bonds. The van der Waals surface area contributed by atoms with E-state index in [-0.39, 0.29) is 23.4 Å². The minimum Gasteiger partial charge on any atom is -0.369 e. The van der Waals surface area contributed by atoms with Gasteiger partial charge in [-0.2, -0.15) is 0 Å². The van der Waals surface area contributed by atoms with E-state index in [1.807, 2.05) is 0 Å². The maximum absolute atomic E-state index is 14.0. The fourth-order valence-electron chi connectivity index (χ4n) is 5.98. The minimum atomic E-state index is -0.788. The summed E-state index contributed by atoms with van der Waals surface area (Å²) in [4.78, 5) is 35.8. The summed E-state index contributed by atoms with van der Waals surface area (Å²) < 4.78 is 14.0. The molecule has 2 aliphatic carbocycles. The number of rotatable bonds is 7. The Morgan fingerprint density at radius 2 is 1.97 bits per heavy atom. The van der Waals surface area contributed by atoms with Gasteiger partial charge in [0.25, 0.3) is 11.8 Å². The third-order valence-electron chi connectivity index (χ3n) is 7.83. The van der Waals surface area contributed by atoms with E-state index < -0.39 is 17.3 Å². The number of halogens is 1. The molecule has 1 aromatic heterocycles. The predicted octanol–water partition coefficient (Wildman–Crippen LogP) is 3.79. The minimum absolute atomic E-state index is 0.000764. The Morgan fingerprint density at radius 1 is 1.21 bits per heavy atom. The van der Waals surface area contributed by atoms with Crippen LogP contribution < -0.4 is 11.1 Å². The van der Waals surface area contributed by atoms with E-state index in [0.29, 0.717) is 18.3 Å². The van der Waals surface area contributed by atoms with Gasteiger partial charge in [-0.05, 0) is 50.0 Å². The maximum atomic E-state index is 14.0. The molecule has 0 radical (unpaired) electrons. The van der Waals surface area contributed by atoms with Crippen molar-refractivity contribution >= 4 is 17.8 Å². The molecule has 2 saturated carbocycles. The summed E-state index contributed by atoms with van der Waals surface area (Å²) in [6.07, 6.45) is 14.8. The van der Waals surface area contributed by atoms with Crippen LogP contribution in [0.3, 0.4) is 0 Å². The summed E-state index contributed by atoms with van der Waals surface area (Å²) in [6, 6.07) is 1.35. The average Bonchev–Trinajstić information content (AvgIpc) is 3.02. The number of hydrogen-bond acceptors (Lipinski definition) is 5. The number of nitrogens with one attached hydrogen (secondary N) is 1. The number of pyridine rings is 1. The van der Waals surface area contributed by atoms with Gasteiger partial charge in [0.05, 0.1) is 11.8 Å². The van der Waals surface area contributed by atoms with Gasteiger partial charge in [-0.25, -0.2) is 9.38 Å². The highest BCUT2D eigenvalue weighted by molar-refractivity contribution is 6.06. The lowest BCUT2D eigenvalue weighted by molar-refractivity contribution is -0.131. The molecule has 0 saturated heterocycles. The molecular formula is C25H36FN5O2. The lowest BCUT2D eigenvalue weighted by atomic mass is 9.74. The first-order valence-electron chi connectivity index (χ1n) is 12.4. The lowest BCUT2D eigenvalue weighted by Gasteiger charge is -2.35. The second kappa shape index (κ2) is 10.2. The molecule has 8 heteroatoms. The van der Waals surface area contributed by atoms with Crippen LogP contribution in [0.4, 0.5) is 4.39 Å². The van der Waals surface area contributed by atoms with Crippen LogP contribution in [0.5, 0.6) is 0 Å². The van der Waals surface area contributed by atoms with E-state index >= 15 is 0 Å². The van der Waals surface area contributed by atoms with Crippen molar-refractivity contribution in [3.63, 3.8) is 0 Å². The fraction of sp³-hybridized carbons (Fsp3) is 0.680. The number of nitrogens with two attached hydrogens (primary N) is 1. The Labute approximate surface area is 195 Å². The summed E-state index contributed by atoms with van der Waals surface area (Å²) in [5, 5.41) is 2.99. The number of carbonyl (C=O) groups is 2. The smallest absolute Gasteiger partial charge is 0.257 e. The van der Waals surface area contributed by atoms with Crippen molar-refractivity contribution in [1.82, 2.24) is 15.2 Å². The summed E-state index contributed by atoms with van der Waals surface area (Å²) in [6.45, 7) is 0. The normalized spacial score (nSPS) is 28.6. The van der Waals surface area contributed by atoms with Gasteiger partial charge < -0.3 is 11.1 Å². The lowest BCUT2D eigenvalue weighted by Crippen LogP contribution is -2.45. The first-order chi connectivity index (χ1) is 15.9. The molecular weight excluding hydrogens is 421 g/mol. The monoisotopic (exact) mass is 457 g/mol. The molecule has 3 atom stereocenters. The second-order valence-electron chi connectivity index (χ2n) is 10.2. The number of likely N-dealkylation sites (N-methyl/N-ethyl adjacent to an activating group) is 1. The first-order valence-corrected chi connectivity index (χ1v) is 12.4. The van der Waals surface area contributed by atoms with E-state index in [1.165, 1.54) is 49.3 Å². The Balaban J connectivity index is 1.42. The molecule has 0 spiro atoms. The van der Waals surface area contributed by atoms with E-state index in [1.54, 1.807) is 7.05 Å². The van der Waals surface area contributed by atoms with Gasteiger partial charge in [0.2, 0.25) is 0 Å². The van der Waals surface area contributed by atoms with Crippen molar-refractivity contribution in [3.05, 3.63) is 29.8 Å². The van der Waals surface area contributed by atoms with Crippen LogP contribution in [0.15, 0.2) is 23.5 Å². The van der Waals surface area contributed by atoms with E-state index in [2.05, 4.69) is 10.3 Å². The van der Waals surface area contributed by atoms with Crippen LogP contribution >= 0.6 is 0 Å². The van der Waals surface area contributed by atoms with Crippen molar-refractivity contribution in [1.29, 1.82) is 0 Å². The number of nitrogens with zero attached hydrogens (tertiary/aromatic N) is 3. The van der Waals surface area contributed by atoms with Gasteiger partial charge in [-0.1, -0.05) is 44.9 Å². The Hall–Kier alpha value is -2.51. The quantitative estimate of drug-likeness (QED) is 0.651.